The largest absolute Gasteiger partial charge is 0.484 e. The molecule has 2 aromatic heterocycles. The van der Waals surface area contributed by atoms with Gasteiger partial charge in [-0.15, -0.1) is 0 Å². The first-order valence-corrected chi connectivity index (χ1v) is 22.3. The van der Waals surface area contributed by atoms with Gasteiger partial charge in [0.25, 0.3) is 5.91 Å². The lowest BCUT2D eigenvalue weighted by Crippen LogP contribution is -2.58. The summed E-state index contributed by atoms with van der Waals surface area (Å²) in [4.78, 5) is 62.6. The topological polar surface area (TPSA) is 186 Å². The van der Waals surface area contributed by atoms with Crippen LogP contribution in [0.5, 0.6) is 5.75 Å². The molecular weight excluding hydrogens is 782 g/mol. The fraction of sp³-hybridized carbons (Fsp3) is 0.512. The lowest BCUT2D eigenvalue weighted by Gasteiger charge is -2.30. The van der Waals surface area contributed by atoms with E-state index in [9.17, 15) is 32.0 Å². The fourth-order valence-corrected chi connectivity index (χ4v) is 10.4. The maximum Gasteiger partial charge on any atom is 0.408 e. The van der Waals surface area contributed by atoms with E-state index in [0.29, 0.717) is 54.1 Å². The summed E-state index contributed by atoms with van der Waals surface area (Å²) in [5.74, 6) is -2.80. The molecule has 3 saturated carbocycles. The van der Waals surface area contributed by atoms with Gasteiger partial charge in [0.1, 0.15) is 46.7 Å². The zero-order valence-corrected chi connectivity index (χ0v) is 33.7. The Morgan fingerprint density at radius 1 is 0.983 bits per heavy atom. The molecule has 0 radical (unpaired) electrons. The first kappa shape index (κ1) is 39.2. The smallest absolute Gasteiger partial charge is 0.408 e. The summed E-state index contributed by atoms with van der Waals surface area (Å²) in [7, 11) is -3.93. The van der Waals surface area contributed by atoms with Crippen molar-refractivity contribution in [3.8, 4) is 5.75 Å². The predicted molar refractivity (Wildman–Crippen MR) is 215 cm³/mol. The number of aromatic nitrogens is 1. The van der Waals surface area contributed by atoms with Gasteiger partial charge in [0, 0.05) is 23.1 Å². The number of carbonyl (C=O) groups excluding carboxylic acids is 4. The van der Waals surface area contributed by atoms with Crippen LogP contribution in [0.1, 0.15) is 89.0 Å². The summed E-state index contributed by atoms with van der Waals surface area (Å²) in [5, 5.41) is 6.11. The third kappa shape index (κ3) is 7.71. The Morgan fingerprint density at radius 3 is 2.58 bits per heavy atom. The quantitative estimate of drug-likeness (QED) is 0.188. The number of halogens is 1. The number of amides is 4. The summed E-state index contributed by atoms with van der Waals surface area (Å²) < 4.78 is 61.8. The van der Waals surface area contributed by atoms with Crippen molar-refractivity contribution in [1.82, 2.24) is 25.2 Å². The van der Waals surface area contributed by atoms with Crippen LogP contribution in [0, 0.1) is 18.7 Å². The first-order chi connectivity index (χ1) is 28.4. The fourth-order valence-electron chi connectivity index (χ4n) is 9.01. The molecule has 3 aliphatic carbocycles. The summed E-state index contributed by atoms with van der Waals surface area (Å²) in [6, 6.07) is 7.60. The SMILES string of the molecule is Cc1cccc2c1oc1c(O[C@@H]3C[C@H]4C(=O)N[C@]5(C(=O)NS(=O)(=O)C6CC6)C[C@H]5/C=C\CCCCC[C@H](NC(=O)OC5CCCC5)C(=O)N4C3)c3cc(F)ccc3nc12. The zero-order chi connectivity index (χ0) is 41.1. The van der Waals surface area contributed by atoms with Crippen molar-refractivity contribution in [2.45, 2.75) is 125 Å². The lowest BCUT2D eigenvalue weighted by molar-refractivity contribution is -0.141. The Labute approximate surface area is 340 Å². The number of carbonyl (C=O) groups is 4. The molecule has 0 bridgehead atoms. The Hall–Kier alpha value is -5.25. The number of hydrogen-bond acceptors (Lipinski definition) is 10. The molecule has 0 spiro atoms. The molecule has 3 N–H and O–H groups in total. The molecule has 1 saturated heterocycles. The summed E-state index contributed by atoms with van der Waals surface area (Å²) in [6.07, 6.45) is 9.53. The number of rotatable bonds is 7. The van der Waals surface area contributed by atoms with Crippen LogP contribution < -0.4 is 20.1 Å². The van der Waals surface area contributed by atoms with Gasteiger partial charge < -0.3 is 29.4 Å². The standard InChI is InChI=1S/C43H48FN5O9S/c1-24-10-9-14-30-35-38(58-36(24)30)37(31-20-26(44)16-19-32(31)45-35)56-28-21-34-39(50)47-43(41(52)48-59(54,55)29-17-18-29)22-25(43)11-5-3-2-4-6-15-33(40(51)49(34)23-28)46-42(53)57-27-12-7-8-13-27/h5,9-11,14,16,19-20,25,27-29,33-34H,2-4,6-8,12-13,15,17-18,21-23H2,1H3,(H,46,53)(H,47,50)(H,48,52)/b11-5-/t25-,28-,33+,34+,43-/m1/s1. The van der Waals surface area contributed by atoms with Gasteiger partial charge in [-0.3, -0.25) is 19.1 Å². The molecule has 0 unspecified atom stereocenters. The highest BCUT2D eigenvalue weighted by molar-refractivity contribution is 7.91. The van der Waals surface area contributed by atoms with Crippen molar-refractivity contribution in [1.29, 1.82) is 0 Å². The lowest BCUT2D eigenvalue weighted by atomic mass is 10.0. The van der Waals surface area contributed by atoms with E-state index < -0.39 is 74.5 Å². The molecule has 5 aliphatic rings. The number of ether oxygens (including phenoxy) is 2. The van der Waals surface area contributed by atoms with Crippen molar-refractivity contribution in [2.75, 3.05) is 6.54 Å². The van der Waals surface area contributed by atoms with Crippen molar-refractivity contribution >= 4 is 66.8 Å². The molecule has 4 aromatic rings. The van der Waals surface area contributed by atoms with Crippen LogP contribution in [-0.2, 0) is 29.1 Å². The number of nitrogens with zero attached hydrogens (tertiary/aromatic N) is 2. The molecule has 14 nitrogen and oxygen atoms in total. The maximum atomic E-state index is 14.9. The summed E-state index contributed by atoms with van der Waals surface area (Å²) in [6.45, 7) is 1.80. The average Bonchev–Trinajstić information content (AvgIpc) is 4.01. The van der Waals surface area contributed by atoms with E-state index in [1.165, 1.54) is 17.0 Å². The Balaban J connectivity index is 1.07. The molecule has 2 aromatic carbocycles. The number of allylic oxidation sites excluding steroid dienone is 1. The van der Waals surface area contributed by atoms with E-state index in [0.717, 1.165) is 49.5 Å². The van der Waals surface area contributed by atoms with Crippen molar-refractivity contribution in [3.63, 3.8) is 0 Å². The first-order valence-electron chi connectivity index (χ1n) is 20.8. The third-order valence-electron chi connectivity index (χ3n) is 12.5. The highest BCUT2D eigenvalue weighted by Crippen LogP contribution is 2.46. The molecule has 5 atom stereocenters. The number of hydrogen-bond donors (Lipinski definition) is 3. The van der Waals surface area contributed by atoms with E-state index in [2.05, 4.69) is 15.4 Å². The van der Waals surface area contributed by atoms with Crippen LogP contribution in [0.4, 0.5) is 9.18 Å². The van der Waals surface area contributed by atoms with Gasteiger partial charge in [-0.1, -0.05) is 37.1 Å². The molecular formula is C43H48FN5O9S. The van der Waals surface area contributed by atoms with E-state index >= 15 is 0 Å². The van der Waals surface area contributed by atoms with Crippen LogP contribution in [0.25, 0.3) is 33.0 Å². The molecule has 9 rings (SSSR count). The number of para-hydroxylation sites is 1. The minimum atomic E-state index is -3.93. The summed E-state index contributed by atoms with van der Waals surface area (Å²) >= 11 is 0. The van der Waals surface area contributed by atoms with Crippen LogP contribution in [-0.4, -0.2) is 83.7 Å². The van der Waals surface area contributed by atoms with Crippen molar-refractivity contribution in [2.24, 2.45) is 5.92 Å². The van der Waals surface area contributed by atoms with E-state index in [1.807, 2.05) is 37.3 Å². The van der Waals surface area contributed by atoms with Gasteiger partial charge in [0.15, 0.2) is 11.3 Å². The molecule has 2 aliphatic heterocycles. The predicted octanol–water partition coefficient (Wildman–Crippen LogP) is 5.97. The number of pyridine rings is 1. The highest BCUT2D eigenvalue weighted by atomic mass is 32.2. The van der Waals surface area contributed by atoms with Crippen LogP contribution in [0.2, 0.25) is 0 Å². The molecule has 312 valence electrons. The second kappa shape index (κ2) is 15.4. The van der Waals surface area contributed by atoms with E-state index in [1.54, 1.807) is 6.07 Å². The summed E-state index contributed by atoms with van der Waals surface area (Å²) in [5.41, 5.74) is 1.13. The minimum absolute atomic E-state index is 0.0464. The van der Waals surface area contributed by atoms with Crippen LogP contribution >= 0.6 is 0 Å². The highest BCUT2D eigenvalue weighted by Gasteiger charge is 2.62. The Kier molecular flexibility index (Phi) is 10.2. The minimum Gasteiger partial charge on any atom is -0.484 e. The van der Waals surface area contributed by atoms with Crippen molar-refractivity contribution < 1.29 is 45.9 Å². The van der Waals surface area contributed by atoms with Gasteiger partial charge in [-0.2, -0.15) is 0 Å². The second-order valence-electron chi connectivity index (χ2n) is 16.8. The average molecular weight is 830 g/mol. The normalized spacial score (nSPS) is 27.4. The van der Waals surface area contributed by atoms with E-state index in [4.69, 9.17) is 18.9 Å². The number of alkyl carbamates (subject to hydrolysis) is 1. The second-order valence-corrected chi connectivity index (χ2v) is 18.8. The maximum absolute atomic E-state index is 14.9. The van der Waals surface area contributed by atoms with Gasteiger partial charge >= 0.3 is 6.09 Å². The molecule has 59 heavy (non-hydrogen) atoms. The van der Waals surface area contributed by atoms with Crippen molar-refractivity contribution in [3.05, 3.63) is 59.9 Å². The van der Waals surface area contributed by atoms with Gasteiger partial charge in [-0.05, 0) is 101 Å². The monoisotopic (exact) mass is 829 g/mol. The zero-order valence-electron chi connectivity index (χ0n) is 32.8. The van der Waals surface area contributed by atoms with Gasteiger partial charge in [-0.25, -0.2) is 22.6 Å². The molecule has 16 heteroatoms. The van der Waals surface area contributed by atoms with Gasteiger partial charge in [0.2, 0.25) is 21.8 Å². The third-order valence-corrected chi connectivity index (χ3v) is 14.3. The number of nitrogens with one attached hydrogen (secondary N) is 3. The number of fused-ring (bicyclic) bond motifs is 6. The number of benzene rings is 2. The Morgan fingerprint density at radius 2 is 1.78 bits per heavy atom. The number of aryl methyl sites for hydroxylation is 1. The Bertz CT molecular complexity index is 2500. The molecule has 4 amide bonds. The molecule has 4 heterocycles. The number of sulfonamides is 1. The van der Waals surface area contributed by atoms with E-state index in [-0.39, 0.29) is 36.8 Å². The molecule has 4 fully saturated rings. The van der Waals surface area contributed by atoms with Crippen LogP contribution in [0.3, 0.4) is 0 Å². The van der Waals surface area contributed by atoms with Crippen LogP contribution in [0.15, 0.2) is 53.0 Å². The van der Waals surface area contributed by atoms with Gasteiger partial charge in [0.05, 0.1) is 17.3 Å². The number of furan rings is 1.